The van der Waals surface area contributed by atoms with E-state index < -0.39 is 29.7 Å². The summed E-state index contributed by atoms with van der Waals surface area (Å²) in [7, 11) is 1.38. The molecule has 174 valence electrons. The Labute approximate surface area is 184 Å². The molecule has 4 rings (SSSR count). The highest BCUT2D eigenvalue weighted by Crippen LogP contribution is 2.49. The number of carbonyl (C=O) groups excluding carboxylic acids is 1. The number of methoxy groups -OCH3 is 1. The molecule has 11 heteroatoms. The molecule has 7 nitrogen and oxygen atoms in total. The molecule has 2 heterocycles. The summed E-state index contributed by atoms with van der Waals surface area (Å²) in [5.74, 6) is -1.12. The number of pyridine rings is 1. The molecule has 33 heavy (non-hydrogen) atoms. The predicted octanol–water partition coefficient (Wildman–Crippen LogP) is 5.53. The number of fused-ring (bicyclic) bond motifs is 2. The molecule has 0 bridgehead atoms. The highest BCUT2D eigenvalue weighted by Gasteiger charge is 2.66. The first kappa shape index (κ1) is 22.4. The summed E-state index contributed by atoms with van der Waals surface area (Å²) in [5, 5.41) is 0.438. The maximum atomic E-state index is 13.5. The van der Waals surface area contributed by atoms with Crippen molar-refractivity contribution in [3.8, 4) is 34.5 Å². The normalized spacial score (nSPS) is 15.8. The van der Waals surface area contributed by atoms with Gasteiger partial charge in [-0.15, -0.1) is 0 Å². The molecule has 0 spiro atoms. The van der Waals surface area contributed by atoms with E-state index in [1.165, 1.54) is 26.2 Å². The Morgan fingerprint density at radius 1 is 0.970 bits per heavy atom. The minimum atomic E-state index is -4.86. The number of hydrogen-bond donors (Lipinski definition) is 0. The van der Waals surface area contributed by atoms with E-state index >= 15 is 0 Å². The van der Waals surface area contributed by atoms with Gasteiger partial charge in [-0.05, 0) is 32.0 Å². The van der Waals surface area contributed by atoms with Gasteiger partial charge in [-0.2, -0.15) is 17.6 Å². The van der Waals surface area contributed by atoms with Gasteiger partial charge >= 0.3 is 18.2 Å². The van der Waals surface area contributed by atoms with Gasteiger partial charge in [-0.3, -0.25) is 9.78 Å². The lowest BCUT2D eigenvalue weighted by molar-refractivity contribution is -0.391. The van der Waals surface area contributed by atoms with Crippen LogP contribution in [0.4, 0.5) is 17.6 Å². The number of aryl methyl sites for hydroxylation is 1. The van der Waals surface area contributed by atoms with Crippen LogP contribution in [0.2, 0.25) is 0 Å². The van der Waals surface area contributed by atoms with Crippen molar-refractivity contribution in [2.24, 2.45) is 0 Å². The Balaban J connectivity index is 1.78. The first-order chi connectivity index (χ1) is 15.4. The van der Waals surface area contributed by atoms with Crippen LogP contribution in [-0.4, -0.2) is 30.3 Å². The van der Waals surface area contributed by atoms with Crippen LogP contribution in [0.25, 0.3) is 10.9 Å². The van der Waals surface area contributed by atoms with E-state index in [2.05, 4.69) is 14.5 Å². The van der Waals surface area contributed by atoms with Gasteiger partial charge in [0.1, 0.15) is 11.5 Å². The van der Waals surface area contributed by atoms with Gasteiger partial charge in [-0.25, -0.2) is 0 Å². The molecule has 0 saturated heterocycles. The number of hydrogen-bond acceptors (Lipinski definition) is 7. The molecule has 2 aromatic carbocycles. The van der Waals surface area contributed by atoms with Crippen molar-refractivity contribution in [2.75, 3.05) is 7.11 Å². The van der Waals surface area contributed by atoms with Crippen molar-refractivity contribution >= 4 is 16.9 Å². The second-order valence-electron chi connectivity index (χ2n) is 7.21. The van der Waals surface area contributed by atoms with Gasteiger partial charge < -0.3 is 23.7 Å². The number of rotatable bonds is 4. The quantitative estimate of drug-likeness (QED) is 0.369. The van der Waals surface area contributed by atoms with Crippen LogP contribution in [0.3, 0.4) is 0 Å². The molecule has 0 saturated carbocycles. The lowest BCUT2D eigenvalue weighted by atomic mass is 10.1. The zero-order valence-electron chi connectivity index (χ0n) is 17.8. The third-order valence-corrected chi connectivity index (χ3v) is 4.90. The van der Waals surface area contributed by atoms with Crippen molar-refractivity contribution in [1.29, 1.82) is 0 Å². The SMILES string of the molecule is COc1cc2nc(C)c(C)c(OC(C)=O)c2cc1Oc1ccc2c(c1)OC(F)(F)C(F)(F)O2. The molecule has 1 aromatic heterocycles. The molecule has 3 aromatic rings. The molecule has 0 aliphatic carbocycles. The molecule has 0 unspecified atom stereocenters. The number of ether oxygens (including phenoxy) is 5. The summed E-state index contributed by atoms with van der Waals surface area (Å²) in [4.78, 5) is 16.1. The van der Waals surface area contributed by atoms with E-state index in [0.29, 0.717) is 22.2 Å². The van der Waals surface area contributed by atoms with Gasteiger partial charge in [0.05, 0.1) is 12.6 Å². The van der Waals surface area contributed by atoms with Gasteiger partial charge in [0.15, 0.2) is 23.0 Å². The molecular formula is C22H17F4NO6. The van der Waals surface area contributed by atoms with Gasteiger partial charge in [0, 0.05) is 35.7 Å². The Morgan fingerprint density at radius 3 is 2.27 bits per heavy atom. The van der Waals surface area contributed by atoms with Crippen LogP contribution >= 0.6 is 0 Å². The highest BCUT2D eigenvalue weighted by atomic mass is 19.3. The topological polar surface area (TPSA) is 76.1 Å². The van der Waals surface area contributed by atoms with Crippen molar-refractivity contribution in [3.05, 3.63) is 41.6 Å². The van der Waals surface area contributed by atoms with Crippen LogP contribution in [0.15, 0.2) is 30.3 Å². The molecule has 0 radical (unpaired) electrons. The standard InChI is InChI=1S/C22H17F4NO6/c1-10-11(2)27-15-9-17(29-4)18(8-14(15)20(10)30-12(3)28)31-13-5-6-16-19(7-13)33-22(25,26)21(23,24)32-16/h5-9H,1-4H3. The maximum Gasteiger partial charge on any atom is 0.507 e. The minimum Gasteiger partial charge on any atom is -0.493 e. The average Bonchev–Trinajstić information content (AvgIpc) is 2.72. The van der Waals surface area contributed by atoms with Crippen molar-refractivity contribution < 1.29 is 46.0 Å². The number of carbonyl (C=O) groups is 1. The molecular weight excluding hydrogens is 450 g/mol. The van der Waals surface area contributed by atoms with Crippen molar-refractivity contribution in [1.82, 2.24) is 4.98 Å². The van der Waals surface area contributed by atoms with Crippen LogP contribution < -0.4 is 23.7 Å². The van der Waals surface area contributed by atoms with Crippen LogP contribution in [0.5, 0.6) is 34.5 Å². The zero-order chi connectivity index (χ0) is 24.1. The second-order valence-corrected chi connectivity index (χ2v) is 7.21. The minimum absolute atomic E-state index is 0.0261. The van der Waals surface area contributed by atoms with E-state index in [9.17, 15) is 22.4 Å². The van der Waals surface area contributed by atoms with Gasteiger partial charge in [0.2, 0.25) is 0 Å². The van der Waals surface area contributed by atoms with Gasteiger partial charge in [0.25, 0.3) is 0 Å². The molecule has 0 fully saturated rings. The number of halogens is 4. The number of nitrogens with zero attached hydrogens (tertiary/aromatic N) is 1. The predicted molar refractivity (Wildman–Crippen MR) is 107 cm³/mol. The Morgan fingerprint density at radius 2 is 1.64 bits per heavy atom. The Kier molecular flexibility index (Phi) is 5.22. The highest BCUT2D eigenvalue weighted by molar-refractivity contribution is 5.91. The third kappa shape index (κ3) is 3.94. The number of aromatic nitrogens is 1. The first-order valence-corrected chi connectivity index (χ1v) is 9.55. The summed E-state index contributed by atoms with van der Waals surface area (Å²) >= 11 is 0. The Bertz CT molecular complexity index is 1280. The number of benzene rings is 2. The van der Waals surface area contributed by atoms with Crippen LogP contribution in [0.1, 0.15) is 18.2 Å². The number of esters is 1. The Hall–Kier alpha value is -3.76. The average molecular weight is 467 g/mol. The lowest BCUT2D eigenvalue weighted by Crippen LogP contribution is -2.52. The lowest BCUT2D eigenvalue weighted by Gasteiger charge is -2.31. The molecule has 1 aliphatic heterocycles. The maximum absolute atomic E-state index is 13.5. The summed E-state index contributed by atoms with van der Waals surface area (Å²) in [6, 6.07) is 6.29. The van der Waals surface area contributed by atoms with Gasteiger partial charge in [-0.1, -0.05) is 0 Å². The smallest absolute Gasteiger partial charge is 0.493 e. The van der Waals surface area contributed by atoms with Crippen molar-refractivity contribution in [3.63, 3.8) is 0 Å². The molecule has 0 atom stereocenters. The fourth-order valence-corrected chi connectivity index (χ4v) is 3.21. The van der Waals surface area contributed by atoms with E-state index in [0.717, 1.165) is 12.1 Å². The van der Waals surface area contributed by atoms with E-state index in [1.807, 2.05) is 0 Å². The number of alkyl halides is 4. The monoisotopic (exact) mass is 467 g/mol. The summed E-state index contributed by atoms with van der Waals surface area (Å²) in [5.41, 5.74) is 1.73. The molecule has 0 amide bonds. The largest absolute Gasteiger partial charge is 0.507 e. The molecule has 1 aliphatic rings. The van der Waals surface area contributed by atoms with Crippen molar-refractivity contribution in [2.45, 2.75) is 33.0 Å². The molecule has 0 N–H and O–H groups in total. The van der Waals surface area contributed by atoms with Crippen LogP contribution in [-0.2, 0) is 4.79 Å². The summed E-state index contributed by atoms with van der Waals surface area (Å²) < 4.78 is 78.5. The third-order valence-electron chi connectivity index (χ3n) is 4.90. The van der Waals surface area contributed by atoms with E-state index in [1.54, 1.807) is 19.9 Å². The summed E-state index contributed by atoms with van der Waals surface area (Å²) in [6.45, 7) is 4.76. The zero-order valence-corrected chi connectivity index (χ0v) is 17.8. The fraction of sp³-hybridized carbons (Fsp3) is 0.273. The fourth-order valence-electron chi connectivity index (χ4n) is 3.21. The summed E-state index contributed by atoms with van der Waals surface area (Å²) in [6.07, 6.45) is -9.68. The van der Waals surface area contributed by atoms with E-state index in [-0.39, 0.29) is 23.0 Å². The van der Waals surface area contributed by atoms with Crippen LogP contribution in [0, 0.1) is 13.8 Å². The van der Waals surface area contributed by atoms with E-state index in [4.69, 9.17) is 14.2 Å². The second kappa shape index (κ2) is 7.68. The first-order valence-electron chi connectivity index (χ1n) is 9.55.